The summed E-state index contributed by atoms with van der Waals surface area (Å²) in [7, 11) is 1.36. The number of carbonyl (C=O) groups excluding carboxylic acids is 2. The van der Waals surface area contributed by atoms with E-state index in [-0.39, 0.29) is 17.7 Å². The van der Waals surface area contributed by atoms with Gasteiger partial charge >= 0.3 is 5.97 Å². The van der Waals surface area contributed by atoms with Crippen molar-refractivity contribution >= 4 is 28.3 Å². The number of rotatable bonds is 4. The summed E-state index contributed by atoms with van der Waals surface area (Å²) in [5.41, 5.74) is 6.56. The standard InChI is InChI=1S/C29H24N2O3S/c1-29(15-23-19-10-3-5-12-21(19)25(29)22-13-6-4-11-20(22)23)27(33)31-28-30-24(16-35-28)17-8-7-9-18(14-17)26(32)34-2/h3-14,16,23,25H,15H2,1-2H3,(H,30,31,33). The molecule has 0 spiro atoms. The Kier molecular flexibility index (Phi) is 5.07. The number of hydrogen-bond donors (Lipinski definition) is 1. The van der Waals surface area contributed by atoms with E-state index in [0.717, 1.165) is 12.0 Å². The summed E-state index contributed by atoms with van der Waals surface area (Å²) in [4.78, 5) is 30.4. The quantitative estimate of drug-likeness (QED) is 0.352. The molecule has 2 bridgehead atoms. The number of ether oxygens (including phenoxy) is 1. The van der Waals surface area contributed by atoms with Crippen molar-refractivity contribution in [2.24, 2.45) is 5.41 Å². The Hall–Kier alpha value is -3.77. The normalized spacial score (nSPS) is 21.7. The van der Waals surface area contributed by atoms with Gasteiger partial charge in [0.05, 0.1) is 23.8 Å². The minimum Gasteiger partial charge on any atom is -0.465 e. The maximum atomic E-state index is 13.8. The number of anilines is 1. The minimum absolute atomic E-state index is 0.00364. The molecule has 174 valence electrons. The maximum Gasteiger partial charge on any atom is 0.337 e. The van der Waals surface area contributed by atoms with Gasteiger partial charge < -0.3 is 10.1 Å². The van der Waals surface area contributed by atoms with Gasteiger partial charge in [-0.25, -0.2) is 9.78 Å². The number of thiazole rings is 1. The summed E-state index contributed by atoms with van der Waals surface area (Å²) < 4.78 is 4.82. The van der Waals surface area contributed by atoms with Gasteiger partial charge in [0, 0.05) is 22.8 Å². The van der Waals surface area contributed by atoms with Gasteiger partial charge in [-0.2, -0.15) is 0 Å². The van der Waals surface area contributed by atoms with E-state index in [2.05, 4.69) is 65.8 Å². The molecule has 1 amide bonds. The molecule has 1 N–H and O–H groups in total. The molecule has 3 aliphatic carbocycles. The molecule has 0 radical (unpaired) electrons. The molecule has 6 heteroatoms. The average molecular weight is 481 g/mol. The van der Waals surface area contributed by atoms with Gasteiger partial charge in [-0.3, -0.25) is 4.79 Å². The summed E-state index contributed by atoms with van der Waals surface area (Å²) in [6, 6.07) is 24.2. The van der Waals surface area contributed by atoms with Gasteiger partial charge in [0.25, 0.3) is 0 Å². The highest BCUT2D eigenvalue weighted by molar-refractivity contribution is 7.14. The van der Waals surface area contributed by atoms with E-state index in [9.17, 15) is 9.59 Å². The molecule has 0 aliphatic heterocycles. The van der Waals surface area contributed by atoms with E-state index in [1.165, 1.54) is 40.7 Å². The van der Waals surface area contributed by atoms with Crippen molar-refractivity contribution in [2.75, 3.05) is 12.4 Å². The highest BCUT2D eigenvalue weighted by Gasteiger charge is 2.53. The molecule has 35 heavy (non-hydrogen) atoms. The zero-order chi connectivity index (χ0) is 24.2. The molecule has 1 atom stereocenters. The van der Waals surface area contributed by atoms with Crippen LogP contribution in [0.4, 0.5) is 5.13 Å². The van der Waals surface area contributed by atoms with Crippen molar-refractivity contribution < 1.29 is 14.3 Å². The predicted octanol–water partition coefficient (Wildman–Crippen LogP) is 6.22. The number of esters is 1. The fraction of sp³-hybridized carbons (Fsp3) is 0.207. The summed E-state index contributed by atoms with van der Waals surface area (Å²) in [5, 5.41) is 5.56. The Morgan fingerprint density at radius 2 is 1.63 bits per heavy atom. The van der Waals surface area contributed by atoms with Crippen molar-refractivity contribution in [1.82, 2.24) is 4.98 Å². The molecule has 5 nitrogen and oxygen atoms in total. The maximum absolute atomic E-state index is 13.8. The number of benzene rings is 3. The lowest BCUT2D eigenvalue weighted by Crippen LogP contribution is -2.47. The third kappa shape index (κ3) is 3.40. The van der Waals surface area contributed by atoms with Crippen LogP contribution in [0.25, 0.3) is 11.3 Å². The summed E-state index contributed by atoms with van der Waals surface area (Å²) >= 11 is 1.39. The highest BCUT2D eigenvalue weighted by Crippen LogP contribution is 2.61. The first-order chi connectivity index (χ1) is 17.0. The lowest BCUT2D eigenvalue weighted by atomic mass is 9.52. The van der Waals surface area contributed by atoms with Crippen molar-refractivity contribution in [2.45, 2.75) is 25.2 Å². The van der Waals surface area contributed by atoms with Crippen LogP contribution in [0, 0.1) is 5.41 Å². The van der Waals surface area contributed by atoms with Crippen molar-refractivity contribution in [3.05, 3.63) is 106 Å². The number of hydrogen-bond acceptors (Lipinski definition) is 5. The van der Waals surface area contributed by atoms with Crippen LogP contribution >= 0.6 is 11.3 Å². The molecule has 3 aliphatic rings. The average Bonchev–Trinajstić information content (AvgIpc) is 3.37. The Bertz CT molecular complexity index is 1430. The fourth-order valence-corrected chi connectivity index (χ4v) is 6.53. The zero-order valence-corrected chi connectivity index (χ0v) is 20.3. The third-order valence-corrected chi connectivity index (χ3v) is 8.21. The summed E-state index contributed by atoms with van der Waals surface area (Å²) in [5.74, 6) is -0.204. The van der Waals surface area contributed by atoms with Crippen molar-refractivity contribution in [1.29, 1.82) is 0 Å². The number of methoxy groups -OCH3 is 1. The van der Waals surface area contributed by atoms with Crippen LogP contribution in [0.5, 0.6) is 0 Å². The van der Waals surface area contributed by atoms with Crippen LogP contribution in [-0.4, -0.2) is 24.0 Å². The number of amides is 1. The first-order valence-electron chi connectivity index (χ1n) is 11.6. The van der Waals surface area contributed by atoms with Crippen LogP contribution in [0.15, 0.2) is 78.2 Å². The Morgan fingerprint density at radius 3 is 2.29 bits per heavy atom. The number of fused-ring (bicyclic) bond motifs is 1. The Balaban J connectivity index is 1.31. The number of nitrogens with zero attached hydrogens (tertiary/aromatic N) is 1. The SMILES string of the molecule is COC(=O)c1cccc(-c2csc(NC(=O)C3(C)CC4c5ccccc5C3c3ccccc34)n2)c1. The predicted molar refractivity (Wildman–Crippen MR) is 137 cm³/mol. The van der Waals surface area contributed by atoms with Crippen LogP contribution in [-0.2, 0) is 9.53 Å². The largest absolute Gasteiger partial charge is 0.465 e. The molecule has 7 rings (SSSR count). The minimum atomic E-state index is -0.593. The molecule has 0 fully saturated rings. The smallest absolute Gasteiger partial charge is 0.337 e. The molecule has 1 unspecified atom stereocenters. The lowest BCUT2D eigenvalue weighted by Gasteiger charge is -2.50. The van der Waals surface area contributed by atoms with Gasteiger partial charge in [-0.15, -0.1) is 11.3 Å². The molecule has 0 saturated carbocycles. The summed E-state index contributed by atoms with van der Waals surface area (Å²) in [6.07, 6.45) is 0.761. The second kappa shape index (κ2) is 8.17. The molecular formula is C29H24N2O3S. The third-order valence-electron chi connectivity index (χ3n) is 7.45. The Morgan fingerprint density at radius 1 is 0.971 bits per heavy atom. The van der Waals surface area contributed by atoms with Crippen LogP contribution < -0.4 is 5.32 Å². The van der Waals surface area contributed by atoms with E-state index >= 15 is 0 Å². The second-order valence-electron chi connectivity index (χ2n) is 9.43. The lowest BCUT2D eigenvalue weighted by molar-refractivity contribution is -0.126. The van der Waals surface area contributed by atoms with E-state index in [0.29, 0.717) is 16.4 Å². The molecule has 1 heterocycles. The number of aromatic nitrogens is 1. The topological polar surface area (TPSA) is 68.3 Å². The van der Waals surface area contributed by atoms with E-state index in [1.54, 1.807) is 18.2 Å². The van der Waals surface area contributed by atoms with E-state index in [4.69, 9.17) is 4.74 Å². The first kappa shape index (κ1) is 21.7. The monoisotopic (exact) mass is 480 g/mol. The van der Waals surface area contributed by atoms with E-state index in [1.807, 2.05) is 11.4 Å². The van der Waals surface area contributed by atoms with Crippen LogP contribution in [0.1, 0.15) is 57.8 Å². The van der Waals surface area contributed by atoms with Crippen molar-refractivity contribution in [3.8, 4) is 11.3 Å². The molecular weight excluding hydrogens is 456 g/mol. The van der Waals surface area contributed by atoms with Gasteiger partial charge in [0.15, 0.2) is 5.13 Å². The van der Waals surface area contributed by atoms with Gasteiger partial charge in [0.1, 0.15) is 0 Å². The molecule has 0 saturated heterocycles. The second-order valence-corrected chi connectivity index (χ2v) is 10.3. The van der Waals surface area contributed by atoms with Gasteiger partial charge in [0.2, 0.25) is 5.91 Å². The molecule has 3 aromatic carbocycles. The number of carbonyl (C=O) groups is 2. The van der Waals surface area contributed by atoms with Gasteiger partial charge in [-0.05, 0) is 47.7 Å². The molecule has 1 aromatic heterocycles. The van der Waals surface area contributed by atoms with Crippen molar-refractivity contribution in [3.63, 3.8) is 0 Å². The fourth-order valence-electron chi connectivity index (χ4n) is 5.82. The van der Waals surface area contributed by atoms with Crippen LogP contribution in [0.2, 0.25) is 0 Å². The Labute approximate surface area is 207 Å². The van der Waals surface area contributed by atoms with Crippen LogP contribution in [0.3, 0.4) is 0 Å². The first-order valence-corrected chi connectivity index (χ1v) is 12.5. The van der Waals surface area contributed by atoms with E-state index < -0.39 is 11.4 Å². The van der Waals surface area contributed by atoms with Gasteiger partial charge in [-0.1, -0.05) is 60.7 Å². The highest BCUT2D eigenvalue weighted by atomic mass is 32.1. The molecule has 4 aromatic rings. The zero-order valence-electron chi connectivity index (χ0n) is 19.4. The number of nitrogens with one attached hydrogen (secondary N) is 1. The summed E-state index contributed by atoms with van der Waals surface area (Å²) in [6.45, 7) is 2.08.